The molecule has 2 fully saturated rings. The second kappa shape index (κ2) is 6.82. The van der Waals surface area contributed by atoms with Gasteiger partial charge in [-0.3, -0.25) is 4.79 Å². The van der Waals surface area contributed by atoms with Crippen molar-refractivity contribution in [1.82, 2.24) is 10.2 Å². The quantitative estimate of drug-likeness (QED) is 0.881. The van der Waals surface area contributed by atoms with E-state index >= 15 is 0 Å². The van der Waals surface area contributed by atoms with E-state index < -0.39 is 0 Å². The second-order valence-electron chi connectivity index (χ2n) is 6.48. The van der Waals surface area contributed by atoms with Crippen molar-refractivity contribution >= 4 is 29.7 Å². The van der Waals surface area contributed by atoms with E-state index in [1.807, 2.05) is 17.9 Å². The molecule has 2 saturated heterocycles. The van der Waals surface area contributed by atoms with Crippen LogP contribution in [0.25, 0.3) is 11.1 Å². The second-order valence-corrected chi connectivity index (χ2v) is 7.73. The lowest BCUT2D eigenvalue weighted by atomic mass is 10.0. The number of carbonyl (C=O) groups is 1. The fourth-order valence-corrected chi connectivity index (χ4v) is 4.69. The topological polar surface area (TPSA) is 32.3 Å². The molecule has 2 aliphatic heterocycles. The first-order valence-corrected chi connectivity index (χ1v) is 8.80. The van der Waals surface area contributed by atoms with E-state index in [2.05, 4.69) is 5.32 Å². The van der Waals surface area contributed by atoms with E-state index in [1.54, 1.807) is 12.1 Å². The molecule has 3 nitrogen and oxygen atoms in total. The van der Waals surface area contributed by atoms with Crippen LogP contribution in [0.15, 0.2) is 30.3 Å². The van der Waals surface area contributed by atoms with E-state index in [0.717, 1.165) is 47.1 Å². The largest absolute Gasteiger partial charge is 0.337 e. The first-order chi connectivity index (χ1) is 11.1. The fraction of sp³-hybridized carbons (Fsp3) is 0.389. The third-order valence-electron chi connectivity index (χ3n) is 4.96. The van der Waals surface area contributed by atoms with Crippen LogP contribution in [0, 0.1) is 24.6 Å². The van der Waals surface area contributed by atoms with E-state index in [-0.39, 0.29) is 24.1 Å². The van der Waals surface area contributed by atoms with Gasteiger partial charge in [0.15, 0.2) is 0 Å². The van der Waals surface area contributed by atoms with Crippen molar-refractivity contribution in [2.24, 2.45) is 11.8 Å². The summed E-state index contributed by atoms with van der Waals surface area (Å²) in [7, 11) is 0. The van der Waals surface area contributed by atoms with Crippen LogP contribution in [0.1, 0.15) is 14.5 Å². The molecule has 0 radical (unpaired) electrons. The minimum atomic E-state index is -0.241. The number of rotatable bonds is 2. The fourth-order valence-electron chi connectivity index (χ4n) is 3.68. The molecule has 24 heavy (non-hydrogen) atoms. The number of aryl methyl sites for hydroxylation is 1. The molecular weight excluding hydrogens is 347 g/mol. The highest BCUT2D eigenvalue weighted by atomic mass is 35.5. The molecule has 1 aromatic carbocycles. The molecule has 1 amide bonds. The molecule has 2 aromatic rings. The molecule has 0 aliphatic carbocycles. The van der Waals surface area contributed by atoms with Gasteiger partial charge in [-0.25, -0.2) is 4.39 Å². The van der Waals surface area contributed by atoms with Crippen LogP contribution in [-0.2, 0) is 0 Å². The summed E-state index contributed by atoms with van der Waals surface area (Å²) in [5.41, 5.74) is 1.99. The van der Waals surface area contributed by atoms with Gasteiger partial charge in [-0.1, -0.05) is 12.1 Å². The third-order valence-corrected chi connectivity index (χ3v) is 6.00. The number of nitrogens with one attached hydrogen (secondary N) is 1. The summed E-state index contributed by atoms with van der Waals surface area (Å²) in [6, 6.07) is 8.42. The number of thiophene rings is 1. The highest BCUT2D eigenvalue weighted by molar-refractivity contribution is 7.14. The average molecular weight is 367 g/mol. The number of nitrogens with zero attached hydrogens (tertiary/aromatic N) is 1. The summed E-state index contributed by atoms with van der Waals surface area (Å²) < 4.78 is 13.1. The zero-order valence-corrected chi connectivity index (χ0v) is 15.1. The Morgan fingerprint density at radius 2 is 1.83 bits per heavy atom. The van der Waals surface area contributed by atoms with Crippen LogP contribution in [0.4, 0.5) is 4.39 Å². The van der Waals surface area contributed by atoms with Crippen molar-refractivity contribution in [3.05, 3.63) is 45.9 Å². The Hall–Kier alpha value is -1.43. The van der Waals surface area contributed by atoms with Crippen LogP contribution in [0.3, 0.4) is 0 Å². The number of amides is 1. The van der Waals surface area contributed by atoms with Gasteiger partial charge in [0, 0.05) is 31.1 Å². The van der Waals surface area contributed by atoms with Crippen molar-refractivity contribution < 1.29 is 9.18 Å². The minimum Gasteiger partial charge on any atom is -0.337 e. The maximum absolute atomic E-state index is 13.1. The summed E-state index contributed by atoms with van der Waals surface area (Å²) in [5, 5.41) is 3.40. The third kappa shape index (κ3) is 3.08. The number of benzene rings is 1. The molecular formula is C18H20ClFN2OS. The van der Waals surface area contributed by atoms with Gasteiger partial charge in [-0.2, -0.15) is 0 Å². The SMILES string of the molecule is Cc1sc(C(=O)N2C[C@H]3CNC[C@H]3C2)cc1-c1ccc(F)cc1.Cl. The maximum Gasteiger partial charge on any atom is 0.263 e. The standard InChI is InChI=1S/C18H19FN2OS.ClH/c1-11-16(12-2-4-15(19)5-3-12)6-17(23-11)18(22)21-9-13-7-20-8-14(13)10-21;/h2-6,13-14,20H,7-10H2,1H3;1H/t13-,14+;. The lowest BCUT2D eigenvalue weighted by molar-refractivity contribution is 0.0786. The Kier molecular flexibility index (Phi) is 4.95. The van der Waals surface area contributed by atoms with Gasteiger partial charge in [0.2, 0.25) is 0 Å². The number of halogens is 2. The first kappa shape index (κ1) is 17.4. The molecule has 6 heteroatoms. The summed E-state index contributed by atoms with van der Waals surface area (Å²) in [5.74, 6) is 1.11. The van der Waals surface area contributed by atoms with Gasteiger partial charge in [0.05, 0.1) is 4.88 Å². The highest BCUT2D eigenvalue weighted by Crippen LogP contribution is 2.34. The van der Waals surface area contributed by atoms with E-state index in [0.29, 0.717) is 11.8 Å². The van der Waals surface area contributed by atoms with Gasteiger partial charge in [-0.05, 0) is 48.1 Å². The van der Waals surface area contributed by atoms with Gasteiger partial charge >= 0.3 is 0 Å². The Morgan fingerprint density at radius 3 is 2.46 bits per heavy atom. The van der Waals surface area contributed by atoms with E-state index in [1.165, 1.54) is 23.5 Å². The van der Waals surface area contributed by atoms with E-state index in [9.17, 15) is 9.18 Å². The predicted octanol–water partition coefficient (Wildman–Crippen LogP) is 3.58. The molecule has 0 saturated carbocycles. The Bertz CT molecular complexity index is 734. The molecule has 3 heterocycles. The zero-order valence-electron chi connectivity index (χ0n) is 13.4. The van der Waals surface area contributed by atoms with Crippen molar-refractivity contribution in [2.75, 3.05) is 26.2 Å². The number of hydrogen-bond donors (Lipinski definition) is 1. The molecule has 0 spiro atoms. The average Bonchev–Trinajstić information content (AvgIpc) is 3.21. The summed E-state index contributed by atoms with van der Waals surface area (Å²) in [4.78, 5) is 16.7. The van der Waals surface area contributed by atoms with Crippen molar-refractivity contribution in [3.63, 3.8) is 0 Å². The molecule has 1 N–H and O–H groups in total. The smallest absolute Gasteiger partial charge is 0.263 e. The molecule has 0 bridgehead atoms. The lowest BCUT2D eigenvalue weighted by Crippen LogP contribution is -2.31. The highest BCUT2D eigenvalue weighted by Gasteiger charge is 2.38. The van der Waals surface area contributed by atoms with Crippen LogP contribution in [0.5, 0.6) is 0 Å². The Balaban J connectivity index is 0.00000169. The Labute approximate surface area is 151 Å². The van der Waals surface area contributed by atoms with Crippen molar-refractivity contribution in [2.45, 2.75) is 6.92 Å². The van der Waals surface area contributed by atoms with Gasteiger partial charge in [-0.15, -0.1) is 23.7 Å². The molecule has 4 rings (SSSR count). The number of fused-ring (bicyclic) bond motifs is 1. The molecule has 2 aliphatic rings. The molecule has 1 aromatic heterocycles. The number of carbonyl (C=O) groups excluding carboxylic acids is 1. The molecule has 2 atom stereocenters. The van der Waals surface area contributed by atoms with Gasteiger partial charge in [0.25, 0.3) is 5.91 Å². The van der Waals surface area contributed by atoms with Crippen LogP contribution in [-0.4, -0.2) is 37.0 Å². The number of likely N-dealkylation sites (tertiary alicyclic amines) is 1. The lowest BCUT2D eigenvalue weighted by Gasteiger charge is -2.16. The monoisotopic (exact) mass is 366 g/mol. The van der Waals surface area contributed by atoms with Crippen LogP contribution < -0.4 is 5.32 Å². The maximum atomic E-state index is 13.1. The van der Waals surface area contributed by atoms with Gasteiger partial charge < -0.3 is 10.2 Å². The summed E-state index contributed by atoms with van der Waals surface area (Å²) in [6.07, 6.45) is 0. The Morgan fingerprint density at radius 1 is 1.21 bits per heavy atom. The van der Waals surface area contributed by atoms with Crippen molar-refractivity contribution in [1.29, 1.82) is 0 Å². The molecule has 128 valence electrons. The van der Waals surface area contributed by atoms with Crippen LogP contribution in [0.2, 0.25) is 0 Å². The summed E-state index contributed by atoms with van der Waals surface area (Å²) in [6.45, 7) is 5.79. The van der Waals surface area contributed by atoms with Crippen molar-refractivity contribution in [3.8, 4) is 11.1 Å². The summed E-state index contributed by atoms with van der Waals surface area (Å²) >= 11 is 1.54. The first-order valence-electron chi connectivity index (χ1n) is 7.98. The predicted molar refractivity (Wildman–Crippen MR) is 97.5 cm³/mol. The zero-order chi connectivity index (χ0) is 16.0. The molecule has 0 unspecified atom stereocenters. The van der Waals surface area contributed by atoms with E-state index in [4.69, 9.17) is 0 Å². The normalized spacial score (nSPS) is 22.3. The minimum absolute atomic E-state index is 0. The number of hydrogen-bond acceptors (Lipinski definition) is 3. The van der Waals surface area contributed by atoms with Gasteiger partial charge in [0.1, 0.15) is 5.82 Å². The van der Waals surface area contributed by atoms with Crippen LogP contribution >= 0.6 is 23.7 Å².